The molecular weight excluding hydrogens is 174 g/mol. The summed E-state index contributed by atoms with van der Waals surface area (Å²) in [4.78, 5) is 15.2. The van der Waals surface area contributed by atoms with Gasteiger partial charge < -0.3 is 0 Å². The van der Waals surface area contributed by atoms with E-state index in [0.717, 1.165) is 17.7 Å². The summed E-state index contributed by atoms with van der Waals surface area (Å²) in [5, 5.41) is 0.614. The molecule has 2 nitrogen and oxygen atoms in total. The monoisotopic (exact) mass is 181 g/mol. The van der Waals surface area contributed by atoms with Gasteiger partial charge in [-0.05, 0) is 18.1 Å². The van der Waals surface area contributed by atoms with Crippen molar-refractivity contribution >= 4 is 17.4 Å². The number of hydrogen-bond acceptors (Lipinski definition) is 2. The van der Waals surface area contributed by atoms with E-state index in [-0.39, 0.29) is 5.78 Å². The Morgan fingerprint density at radius 3 is 3.08 bits per heavy atom. The van der Waals surface area contributed by atoms with Gasteiger partial charge in [0.1, 0.15) is 5.78 Å². The van der Waals surface area contributed by atoms with Crippen molar-refractivity contribution in [2.45, 2.75) is 19.3 Å². The Kier molecular flexibility index (Phi) is 1.85. The van der Waals surface area contributed by atoms with Gasteiger partial charge in [-0.25, -0.2) is 0 Å². The molecule has 0 saturated carbocycles. The van der Waals surface area contributed by atoms with E-state index in [1.165, 1.54) is 0 Å². The molecule has 1 aromatic heterocycles. The van der Waals surface area contributed by atoms with E-state index in [9.17, 15) is 4.79 Å². The highest BCUT2D eigenvalue weighted by molar-refractivity contribution is 6.30. The van der Waals surface area contributed by atoms with Crippen LogP contribution in [0, 0.1) is 0 Å². The van der Waals surface area contributed by atoms with Crippen molar-refractivity contribution in [3.63, 3.8) is 0 Å². The van der Waals surface area contributed by atoms with Gasteiger partial charge in [0.15, 0.2) is 0 Å². The van der Waals surface area contributed by atoms with Gasteiger partial charge in [0.25, 0.3) is 0 Å². The topological polar surface area (TPSA) is 30.0 Å². The molecule has 0 aliphatic heterocycles. The number of rotatable bonds is 0. The van der Waals surface area contributed by atoms with E-state index < -0.39 is 0 Å². The molecule has 1 aliphatic carbocycles. The van der Waals surface area contributed by atoms with Crippen molar-refractivity contribution < 1.29 is 4.79 Å². The predicted octanol–water partition coefficient (Wildman–Crippen LogP) is 1.79. The van der Waals surface area contributed by atoms with E-state index in [0.29, 0.717) is 17.9 Å². The predicted molar refractivity (Wildman–Crippen MR) is 46.3 cm³/mol. The number of Topliss-reactive ketones (excluding diaryl/α,β-unsaturated/α-hetero) is 1. The van der Waals surface area contributed by atoms with E-state index in [1.54, 1.807) is 6.20 Å². The van der Waals surface area contributed by atoms with Gasteiger partial charge in [0.05, 0.1) is 5.02 Å². The summed E-state index contributed by atoms with van der Waals surface area (Å²) < 4.78 is 0. The summed E-state index contributed by atoms with van der Waals surface area (Å²) in [6.45, 7) is 0. The Hall–Kier alpha value is -0.890. The lowest BCUT2D eigenvalue weighted by atomic mass is 9.95. The Morgan fingerprint density at radius 2 is 2.25 bits per heavy atom. The SMILES string of the molecule is O=C1CCc2ncc(Cl)cc2C1. The molecule has 0 bridgehead atoms. The number of carbonyl (C=O) groups excluding carboxylic acids is 1. The quantitative estimate of drug-likeness (QED) is 0.611. The average Bonchev–Trinajstić information content (AvgIpc) is 2.03. The molecule has 1 aliphatic rings. The molecule has 0 atom stereocenters. The van der Waals surface area contributed by atoms with E-state index in [1.807, 2.05) is 6.07 Å². The maximum absolute atomic E-state index is 11.1. The van der Waals surface area contributed by atoms with Crippen LogP contribution in [0.2, 0.25) is 5.02 Å². The second kappa shape index (κ2) is 2.87. The Bertz CT molecular complexity index is 335. The summed E-state index contributed by atoms with van der Waals surface area (Å²) in [7, 11) is 0. The minimum Gasteiger partial charge on any atom is -0.299 e. The maximum atomic E-state index is 11.1. The number of nitrogens with zero attached hydrogens (tertiary/aromatic N) is 1. The van der Waals surface area contributed by atoms with Gasteiger partial charge >= 0.3 is 0 Å². The summed E-state index contributed by atoms with van der Waals surface area (Å²) >= 11 is 5.75. The number of halogens is 1. The number of carbonyl (C=O) groups is 1. The lowest BCUT2D eigenvalue weighted by molar-refractivity contribution is -0.118. The van der Waals surface area contributed by atoms with Crippen molar-refractivity contribution in [1.29, 1.82) is 0 Å². The van der Waals surface area contributed by atoms with Crippen molar-refractivity contribution in [3.05, 3.63) is 28.5 Å². The minimum absolute atomic E-state index is 0.284. The molecule has 62 valence electrons. The van der Waals surface area contributed by atoms with Crippen LogP contribution in [0.1, 0.15) is 17.7 Å². The molecule has 0 radical (unpaired) electrons. The van der Waals surface area contributed by atoms with Crippen LogP contribution in [0.15, 0.2) is 12.3 Å². The fourth-order valence-electron chi connectivity index (χ4n) is 1.45. The molecule has 0 unspecified atom stereocenters. The second-order valence-corrected chi connectivity index (χ2v) is 3.41. The van der Waals surface area contributed by atoms with Gasteiger partial charge in [0, 0.05) is 24.7 Å². The number of aryl methyl sites for hydroxylation is 1. The van der Waals surface area contributed by atoms with Crippen LogP contribution >= 0.6 is 11.6 Å². The lowest BCUT2D eigenvalue weighted by Crippen LogP contribution is -2.14. The van der Waals surface area contributed by atoms with Gasteiger partial charge in [-0.15, -0.1) is 0 Å². The molecule has 0 fully saturated rings. The van der Waals surface area contributed by atoms with Crippen LogP contribution in [0.25, 0.3) is 0 Å². The fraction of sp³-hybridized carbons (Fsp3) is 0.333. The first-order chi connectivity index (χ1) is 5.75. The number of pyridine rings is 1. The van der Waals surface area contributed by atoms with Crippen LogP contribution in [-0.4, -0.2) is 10.8 Å². The third-order valence-corrected chi connectivity index (χ3v) is 2.26. The third-order valence-electron chi connectivity index (χ3n) is 2.05. The Balaban J connectivity index is 2.44. The summed E-state index contributed by atoms with van der Waals surface area (Å²) in [6, 6.07) is 1.83. The van der Waals surface area contributed by atoms with Gasteiger partial charge in [0.2, 0.25) is 0 Å². The van der Waals surface area contributed by atoms with E-state index in [2.05, 4.69) is 4.98 Å². The van der Waals surface area contributed by atoms with Crippen LogP contribution in [0.5, 0.6) is 0 Å². The maximum Gasteiger partial charge on any atom is 0.137 e. The smallest absolute Gasteiger partial charge is 0.137 e. The van der Waals surface area contributed by atoms with Gasteiger partial charge in [-0.2, -0.15) is 0 Å². The molecule has 12 heavy (non-hydrogen) atoms. The number of fused-ring (bicyclic) bond motifs is 1. The highest BCUT2D eigenvalue weighted by Crippen LogP contribution is 2.19. The summed E-state index contributed by atoms with van der Waals surface area (Å²) in [5.74, 6) is 0.284. The number of ketones is 1. The fourth-order valence-corrected chi connectivity index (χ4v) is 1.63. The number of aromatic nitrogens is 1. The minimum atomic E-state index is 0.284. The molecule has 0 amide bonds. The highest BCUT2D eigenvalue weighted by Gasteiger charge is 2.16. The first-order valence-electron chi connectivity index (χ1n) is 3.91. The zero-order valence-corrected chi connectivity index (χ0v) is 7.27. The Morgan fingerprint density at radius 1 is 1.42 bits per heavy atom. The molecule has 2 rings (SSSR count). The van der Waals surface area contributed by atoms with Crippen molar-refractivity contribution in [2.75, 3.05) is 0 Å². The zero-order valence-electron chi connectivity index (χ0n) is 6.51. The van der Waals surface area contributed by atoms with Crippen molar-refractivity contribution in [3.8, 4) is 0 Å². The normalized spacial score (nSPS) is 15.9. The molecular formula is C9H8ClNO. The first kappa shape index (κ1) is 7.74. The first-order valence-corrected chi connectivity index (χ1v) is 4.28. The second-order valence-electron chi connectivity index (χ2n) is 2.97. The van der Waals surface area contributed by atoms with Crippen LogP contribution in [0.4, 0.5) is 0 Å². The van der Waals surface area contributed by atoms with Crippen LogP contribution < -0.4 is 0 Å². The highest BCUT2D eigenvalue weighted by atomic mass is 35.5. The molecule has 0 saturated heterocycles. The molecule has 0 spiro atoms. The molecule has 0 aromatic carbocycles. The lowest BCUT2D eigenvalue weighted by Gasteiger charge is -2.12. The van der Waals surface area contributed by atoms with Crippen molar-refractivity contribution in [1.82, 2.24) is 4.98 Å². The molecule has 1 aromatic rings. The summed E-state index contributed by atoms with van der Waals surface area (Å²) in [5.41, 5.74) is 2.03. The van der Waals surface area contributed by atoms with E-state index >= 15 is 0 Å². The zero-order chi connectivity index (χ0) is 8.55. The Labute approximate surface area is 75.6 Å². The molecule has 3 heteroatoms. The third kappa shape index (κ3) is 1.34. The van der Waals surface area contributed by atoms with E-state index in [4.69, 9.17) is 11.6 Å². The van der Waals surface area contributed by atoms with Crippen molar-refractivity contribution in [2.24, 2.45) is 0 Å². The van der Waals surface area contributed by atoms with Gasteiger partial charge in [-0.3, -0.25) is 9.78 Å². The standard InChI is InChI=1S/C9H8ClNO/c10-7-3-6-4-8(12)1-2-9(6)11-5-7/h3,5H,1-2,4H2. The number of hydrogen-bond donors (Lipinski definition) is 0. The average molecular weight is 182 g/mol. The van der Waals surface area contributed by atoms with Gasteiger partial charge in [-0.1, -0.05) is 11.6 Å². The van der Waals surface area contributed by atoms with Crippen LogP contribution in [0.3, 0.4) is 0 Å². The molecule has 0 N–H and O–H groups in total. The summed E-state index contributed by atoms with van der Waals surface area (Å²) in [6.07, 6.45) is 3.53. The largest absolute Gasteiger partial charge is 0.299 e. The van der Waals surface area contributed by atoms with Crippen LogP contribution in [-0.2, 0) is 17.6 Å². The molecule has 1 heterocycles.